The molecule has 0 atom stereocenters. The van der Waals surface area contributed by atoms with E-state index in [-0.39, 0.29) is 5.92 Å². The van der Waals surface area contributed by atoms with Crippen LogP contribution in [0.4, 0.5) is 4.79 Å². The first-order valence-electron chi connectivity index (χ1n) is 19.2. The van der Waals surface area contributed by atoms with Crippen LogP contribution in [0.2, 0.25) is 0 Å². The Bertz CT molecular complexity index is 1230. The Morgan fingerprint density at radius 2 is 0.818 bits per heavy atom. The van der Waals surface area contributed by atoms with Gasteiger partial charge in [-0.2, -0.15) is 0 Å². The second kappa shape index (κ2) is 33.0. The molecule has 55 heavy (non-hydrogen) atoms. The van der Waals surface area contributed by atoms with Crippen molar-refractivity contribution < 1.29 is 61.6 Å². The molecule has 2 aromatic rings. The summed E-state index contributed by atoms with van der Waals surface area (Å²) in [5, 5.41) is 2.80. The standard InChI is InChI=1S/C41H61NO13/c1-2-13-44-15-17-46-19-21-48-23-25-50-27-29-52-31-33-54-34-32-53-30-28-51-26-24-49-22-20-47-18-16-45-14-7-12-42-41(43)55-35-40-38-10-5-3-8-36(38)37-9-4-6-11-39(37)40/h1,3-6,8-11,40H,7,12-35H2,(H,42,43). The van der Waals surface area contributed by atoms with Crippen LogP contribution in [0.5, 0.6) is 0 Å². The molecule has 308 valence electrons. The van der Waals surface area contributed by atoms with Crippen LogP contribution in [-0.4, -0.2) is 165 Å². The van der Waals surface area contributed by atoms with Gasteiger partial charge in [-0.3, -0.25) is 0 Å². The third-order valence-electron chi connectivity index (χ3n) is 7.98. The van der Waals surface area contributed by atoms with E-state index in [0.717, 1.165) is 0 Å². The van der Waals surface area contributed by atoms with Crippen molar-refractivity contribution in [2.24, 2.45) is 0 Å². The molecule has 1 amide bonds. The number of hydrogen-bond acceptors (Lipinski definition) is 13. The molecule has 3 rings (SSSR count). The van der Waals surface area contributed by atoms with Crippen molar-refractivity contribution in [3.63, 3.8) is 0 Å². The number of alkyl carbamates (subject to hydrolysis) is 1. The number of ether oxygens (including phenoxy) is 12. The number of nitrogens with one attached hydrogen (secondary N) is 1. The zero-order chi connectivity index (χ0) is 38.7. The van der Waals surface area contributed by atoms with Gasteiger partial charge in [-0.15, -0.1) is 6.42 Å². The van der Waals surface area contributed by atoms with Crippen LogP contribution >= 0.6 is 0 Å². The highest BCUT2D eigenvalue weighted by molar-refractivity contribution is 5.79. The molecule has 0 heterocycles. The van der Waals surface area contributed by atoms with E-state index in [1.54, 1.807) is 0 Å². The Balaban J connectivity index is 0.942. The first-order valence-corrected chi connectivity index (χ1v) is 19.2. The van der Waals surface area contributed by atoms with Crippen molar-refractivity contribution in [3.8, 4) is 23.5 Å². The van der Waals surface area contributed by atoms with Crippen molar-refractivity contribution in [2.75, 3.05) is 159 Å². The molecule has 1 aliphatic carbocycles. The van der Waals surface area contributed by atoms with E-state index in [0.29, 0.717) is 165 Å². The van der Waals surface area contributed by atoms with Gasteiger partial charge in [-0.05, 0) is 28.7 Å². The Kier molecular flexibility index (Phi) is 27.7. The van der Waals surface area contributed by atoms with Gasteiger partial charge in [0.05, 0.1) is 132 Å². The average molecular weight is 776 g/mol. The lowest BCUT2D eigenvalue weighted by Crippen LogP contribution is -2.27. The van der Waals surface area contributed by atoms with Gasteiger partial charge in [0.25, 0.3) is 0 Å². The molecule has 14 heteroatoms. The number of carbonyl (C=O) groups is 1. The molecule has 0 aromatic heterocycles. The van der Waals surface area contributed by atoms with Crippen LogP contribution in [0.1, 0.15) is 23.5 Å². The maximum Gasteiger partial charge on any atom is 0.407 e. The molecule has 0 saturated carbocycles. The lowest BCUT2D eigenvalue weighted by molar-refractivity contribution is -0.0272. The topological polar surface area (TPSA) is 140 Å². The lowest BCUT2D eigenvalue weighted by Gasteiger charge is -2.14. The van der Waals surface area contributed by atoms with Gasteiger partial charge in [-0.1, -0.05) is 54.5 Å². The monoisotopic (exact) mass is 775 g/mol. The van der Waals surface area contributed by atoms with Crippen LogP contribution in [0.3, 0.4) is 0 Å². The molecular formula is C41H61NO13. The SMILES string of the molecule is C#CCOCCOCCOCCOCCOCCOCCOCCOCCOCCOCCOCCCNC(=O)OCC1c2ccccc2-c2ccccc21. The normalized spacial score (nSPS) is 12.1. The lowest BCUT2D eigenvalue weighted by atomic mass is 9.98. The number of benzene rings is 2. The molecule has 0 bridgehead atoms. The maximum absolute atomic E-state index is 12.3. The van der Waals surface area contributed by atoms with E-state index in [1.165, 1.54) is 22.3 Å². The third-order valence-corrected chi connectivity index (χ3v) is 7.98. The summed E-state index contributed by atoms with van der Waals surface area (Å²) in [4.78, 5) is 12.3. The molecule has 0 radical (unpaired) electrons. The minimum absolute atomic E-state index is 0.0482. The zero-order valence-corrected chi connectivity index (χ0v) is 32.3. The van der Waals surface area contributed by atoms with Gasteiger partial charge in [0.1, 0.15) is 13.2 Å². The van der Waals surface area contributed by atoms with E-state index < -0.39 is 6.09 Å². The Hall–Kier alpha value is -3.17. The smallest absolute Gasteiger partial charge is 0.407 e. The summed E-state index contributed by atoms with van der Waals surface area (Å²) in [5.41, 5.74) is 4.80. The minimum Gasteiger partial charge on any atom is -0.449 e. The third kappa shape index (κ3) is 22.2. The highest BCUT2D eigenvalue weighted by Gasteiger charge is 2.28. The second-order valence-electron chi connectivity index (χ2n) is 12.0. The summed E-state index contributed by atoms with van der Waals surface area (Å²) in [6.07, 6.45) is 5.35. The summed E-state index contributed by atoms with van der Waals surface area (Å²) in [5.74, 6) is 2.45. The predicted molar refractivity (Wildman–Crippen MR) is 206 cm³/mol. The van der Waals surface area contributed by atoms with E-state index in [9.17, 15) is 4.79 Å². The zero-order valence-electron chi connectivity index (χ0n) is 32.3. The van der Waals surface area contributed by atoms with Crippen LogP contribution in [-0.2, 0) is 56.8 Å². The van der Waals surface area contributed by atoms with Crippen LogP contribution < -0.4 is 5.32 Å². The summed E-state index contributed by atoms with van der Waals surface area (Å²) < 4.78 is 65.5. The van der Waals surface area contributed by atoms with Crippen LogP contribution in [0.25, 0.3) is 11.1 Å². The van der Waals surface area contributed by atoms with Gasteiger partial charge in [-0.25, -0.2) is 4.79 Å². The van der Waals surface area contributed by atoms with Crippen molar-refractivity contribution >= 4 is 6.09 Å². The molecule has 0 saturated heterocycles. The van der Waals surface area contributed by atoms with E-state index in [4.69, 9.17) is 63.3 Å². The van der Waals surface area contributed by atoms with Crippen molar-refractivity contribution in [2.45, 2.75) is 12.3 Å². The van der Waals surface area contributed by atoms with E-state index >= 15 is 0 Å². The molecular weight excluding hydrogens is 714 g/mol. The highest BCUT2D eigenvalue weighted by atomic mass is 16.6. The molecule has 0 unspecified atom stereocenters. The van der Waals surface area contributed by atoms with Crippen molar-refractivity contribution in [1.29, 1.82) is 0 Å². The molecule has 2 aromatic carbocycles. The van der Waals surface area contributed by atoms with Crippen molar-refractivity contribution in [3.05, 3.63) is 59.7 Å². The van der Waals surface area contributed by atoms with Crippen molar-refractivity contribution in [1.82, 2.24) is 5.32 Å². The summed E-state index contributed by atoms with van der Waals surface area (Å²) in [6, 6.07) is 16.6. The summed E-state index contributed by atoms with van der Waals surface area (Å²) >= 11 is 0. The number of fused-ring (bicyclic) bond motifs is 3. The Morgan fingerprint density at radius 1 is 0.491 bits per heavy atom. The summed E-state index contributed by atoms with van der Waals surface area (Å²) in [6.45, 7) is 11.5. The quantitative estimate of drug-likeness (QED) is 0.0789. The first-order chi connectivity index (χ1) is 27.3. The van der Waals surface area contributed by atoms with E-state index in [2.05, 4.69) is 35.5 Å². The highest BCUT2D eigenvalue weighted by Crippen LogP contribution is 2.44. The largest absolute Gasteiger partial charge is 0.449 e. The fourth-order valence-electron chi connectivity index (χ4n) is 5.34. The van der Waals surface area contributed by atoms with Gasteiger partial charge in [0, 0.05) is 19.1 Å². The van der Waals surface area contributed by atoms with Crippen LogP contribution in [0, 0.1) is 12.3 Å². The molecule has 1 aliphatic rings. The molecule has 14 nitrogen and oxygen atoms in total. The number of amides is 1. The fraction of sp³-hybridized carbons (Fsp3) is 0.634. The fourth-order valence-corrected chi connectivity index (χ4v) is 5.34. The Morgan fingerprint density at radius 3 is 1.18 bits per heavy atom. The number of hydrogen-bond donors (Lipinski definition) is 1. The number of rotatable bonds is 37. The van der Waals surface area contributed by atoms with Crippen LogP contribution in [0.15, 0.2) is 48.5 Å². The maximum atomic E-state index is 12.3. The molecule has 0 spiro atoms. The molecule has 0 aliphatic heterocycles. The van der Waals surface area contributed by atoms with Gasteiger partial charge in [0.15, 0.2) is 0 Å². The van der Waals surface area contributed by atoms with Gasteiger partial charge >= 0.3 is 6.09 Å². The first kappa shape index (κ1) is 46.2. The summed E-state index contributed by atoms with van der Waals surface area (Å²) in [7, 11) is 0. The Labute approximate surface area is 326 Å². The van der Waals surface area contributed by atoms with Gasteiger partial charge in [0.2, 0.25) is 0 Å². The molecule has 0 fully saturated rings. The minimum atomic E-state index is -0.416. The predicted octanol–water partition coefficient (Wildman–Crippen LogP) is 3.73. The average Bonchev–Trinajstić information content (AvgIpc) is 3.53. The number of terminal acetylenes is 1. The number of carbonyl (C=O) groups excluding carboxylic acids is 1. The molecule has 1 N–H and O–H groups in total. The van der Waals surface area contributed by atoms with E-state index in [1.807, 2.05) is 24.3 Å². The second-order valence-corrected chi connectivity index (χ2v) is 12.0. The van der Waals surface area contributed by atoms with Gasteiger partial charge < -0.3 is 62.2 Å².